The van der Waals surface area contributed by atoms with Crippen molar-refractivity contribution in [3.63, 3.8) is 0 Å². The minimum atomic E-state index is -0.375. The average molecular weight is 289 g/mol. The van der Waals surface area contributed by atoms with E-state index in [9.17, 15) is 5.26 Å². The summed E-state index contributed by atoms with van der Waals surface area (Å²) in [6, 6.07) is 9.32. The normalized spacial score (nSPS) is 19.7. The van der Waals surface area contributed by atoms with Gasteiger partial charge in [-0.15, -0.1) is 0 Å². The number of aromatic amines is 1. The molecule has 2 atom stereocenters. The minimum Gasteiger partial charge on any atom is -0.306 e. The Balaban J connectivity index is 2.20. The molecule has 5 heteroatoms. The number of aromatic nitrogens is 2. The number of nitrogens with zero attached hydrogens (tertiary/aromatic N) is 4. The lowest BCUT2D eigenvalue weighted by atomic mass is 9.79. The van der Waals surface area contributed by atoms with E-state index in [1.165, 1.54) is 0 Å². The summed E-state index contributed by atoms with van der Waals surface area (Å²) < 4.78 is 0. The monoisotopic (exact) mass is 289 g/mol. The summed E-state index contributed by atoms with van der Waals surface area (Å²) >= 11 is 0. The first-order valence-electron chi connectivity index (χ1n) is 7.26. The van der Waals surface area contributed by atoms with E-state index < -0.39 is 0 Å². The first-order valence-corrected chi connectivity index (χ1v) is 7.26. The minimum absolute atomic E-state index is 0.193. The molecule has 0 fully saturated rings. The fourth-order valence-electron chi connectivity index (χ4n) is 2.99. The zero-order valence-electron chi connectivity index (χ0n) is 12.2. The van der Waals surface area contributed by atoms with Gasteiger partial charge in [0.15, 0.2) is 5.82 Å². The maximum atomic E-state index is 9.39. The Bertz CT molecular complexity index is 803. The van der Waals surface area contributed by atoms with E-state index in [4.69, 9.17) is 6.57 Å². The van der Waals surface area contributed by atoms with Crippen molar-refractivity contribution in [2.75, 3.05) is 0 Å². The van der Waals surface area contributed by atoms with Crippen molar-refractivity contribution in [3.8, 4) is 6.07 Å². The van der Waals surface area contributed by atoms with Gasteiger partial charge in [-0.1, -0.05) is 31.5 Å². The molecule has 0 saturated carbocycles. The molecule has 3 rings (SSSR count). The molecule has 1 aromatic heterocycles. The zero-order valence-corrected chi connectivity index (χ0v) is 12.2. The van der Waals surface area contributed by atoms with Crippen LogP contribution in [0.2, 0.25) is 0 Å². The third-order valence-corrected chi connectivity index (χ3v) is 3.96. The second-order valence-corrected chi connectivity index (χ2v) is 5.28. The molecule has 2 unspecified atom stereocenters. The molecule has 2 heterocycles. The lowest BCUT2D eigenvalue weighted by molar-refractivity contribution is 0.767. The van der Waals surface area contributed by atoms with Crippen molar-refractivity contribution >= 4 is 11.5 Å². The van der Waals surface area contributed by atoms with E-state index in [2.05, 4.69) is 33.0 Å². The molecule has 1 aliphatic heterocycles. The molecular formula is C17H15N5. The van der Waals surface area contributed by atoms with Gasteiger partial charge in [-0.3, -0.25) is 5.10 Å². The highest BCUT2D eigenvalue weighted by atomic mass is 15.2. The van der Waals surface area contributed by atoms with E-state index in [1.54, 1.807) is 12.3 Å². The van der Waals surface area contributed by atoms with Gasteiger partial charge in [0.1, 0.15) is 5.71 Å². The standard InChI is InChI=1S/C17H15N5/c1-3-6-14-16(19-2)15(13-10-20-22-17(13)21-14)12-8-5-4-7-11(12)9-18/h4-5,7-8,10,15-16H,3,6H2,1H3,(H,20,22). The molecular weight excluding hydrogens is 274 g/mol. The number of fused-ring (bicyclic) bond motifs is 1. The average Bonchev–Trinajstić information content (AvgIpc) is 3.01. The van der Waals surface area contributed by atoms with Gasteiger partial charge >= 0.3 is 0 Å². The summed E-state index contributed by atoms with van der Waals surface area (Å²) in [5, 5.41) is 16.4. The van der Waals surface area contributed by atoms with E-state index >= 15 is 0 Å². The highest BCUT2D eigenvalue weighted by Crippen LogP contribution is 2.41. The molecule has 1 aliphatic rings. The summed E-state index contributed by atoms with van der Waals surface area (Å²) in [5.41, 5.74) is 3.23. The van der Waals surface area contributed by atoms with Gasteiger partial charge in [0.2, 0.25) is 0 Å². The van der Waals surface area contributed by atoms with Crippen molar-refractivity contribution in [2.24, 2.45) is 4.99 Å². The molecule has 0 radical (unpaired) electrons. The van der Waals surface area contributed by atoms with Gasteiger partial charge in [0.25, 0.3) is 6.04 Å². The third-order valence-electron chi connectivity index (χ3n) is 3.96. The SMILES string of the molecule is [C-]#[N+]C1C(CCC)=Nc2[nH]ncc2C1c1ccccc1C#N. The molecule has 22 heavy (non-hydrogen) atoms. The largest absolute Gasteiger partial charge is 0.306 e. The number of nitriles is 1. The summed E-state index contributed by atoms with van der Waals surface area (Å²) in [4.78, 5) is 8.41. The fourth-order valence-corrected chi connectivity index (χ4v) is 2.99. The zero-order chi connectivity index (χ0) is 15.5. The van der Waals surface area contributed by atoms with Gasteiger partial charge in [-0.05, 0) is 18.1 Å². The third kappa shape index (κ3) is 2.17. The lowest BCUT2D eigenvalue weighted by Gasteiger charge is -2.24. The van der Waals surface area contributed by atoms with Crippen molar-refractivity contribution in [2.45, 2.75) is 31.7 Å². The molecule has 0 aliphatic carbocycles. The van der Waals surface area contributed by atoms with E-state index in [1.807, 2.05) is 18.2 Å². The molecule has 2 aromatic rings. The van der Waals surface area contributed by atoms with Crippen LogP contribution in [0.3, 0.4) is 0 Å². The summed E-state index contributed by atoms with van der Waals surface area (Å²) in [5.74, 6) is 0.516. The van der Waals surface area contributed by atoms with Crippen LogP contribution >= 0.6 is 0 Å². The van der Waals surface area contributed by atoms with Crippen molar-refractivity contribution in [1.82, 2.24) is 10.2 Å². The molecule has 0 amide bonds. The highest BCUT2D eigenvalue weighted by Gasteiger charge is 2.40. The maximum absolute atomic E-state index is 9.39. The second kappa shape index (κ2) is 5.83. The molecule has 1 aromatic carbocycles. The van der Waals surface area contributed by atoms with Crippen molar-refractivity contribution in [3.05, 3.63) is 58.6 Å². The van der Waals surface area contributed by atoms with Gasteiger partial charge in [-0.25, -0.2) is 11.6 Å². The Morgan fingerprint density at radius 3 is 2.91 bits per heavy atom. The highest BCUT2D eigenvalue weighted by molar-refractivity contribution is 5.96. The predicted octanol–water partition coefficient (Wildman–Crippen LogP) is 3.59. The van der Waals surface area contributed by atoms with Crippen LogP contribution in [0.5, 0.6) is 0 Å². The maximum Gasteiger partial charge on any atom is 0.272 e. The van der Waals surface area contributed by atoms with Crippen LogP contribution in [0.25, 0.3) is 4.85 Å². The summed E-state index contributed by atoms with van der Waals surface area (Å²) in [6.45, 7) is 9.71. The molecule has 0 spiro atoms. The number of hydrogen-bond donors (Lipinski definition) is 1. The molecule has 5 nitrogen and oxygen atoms in total. The molecule has 0 bridgehead atoms. The smallest absolute Gasteiger partial charge is 0.272 e. The predicted molar refractivity (Wildman–Crippen MR) is 84.0 cm³/mol. The molecule has 1 N–H and O–H groups in total. The molecule has 108 valence electrons. The van der Waals surface area contributed by atoms with Crippen LogP contribution in [0.15, 0.2) is 35.5 Å². The molecule has 0 saturated heterocycles. The Morgan fingerprint density at radius 1 is 1.36 bits per heavy atom. The van der Waals surface area contributed by atoms with Crippen LogP contribution in [-0.2, 0) is 0 Å². The first kappa shape index (κ1) is 14.0. The van der Waals surface area contributed by atoms with E-state index in [0.29, 0.717) is 11.4 Å². The van der Waals surface area contributed by atoms with Crippen LogP contribution < -0.4 is 0 Å². The quantitative estimate of drug-likeness (QED) is 0.877. The Hall–Kier alpha value is -2.92. The van der Waals surface area contributed by atoms with Gasteiger partial charge in [0, 0.05) is 5.56 Å². The number of hydrogen-bond acceptors (Lipinski definition) is 3. The topological polar surface area (TPSA) is 69.2 Å². The fraction of sp³-hybridized carbons (Fsp3) is 0.294. The van der Waals surface area contributed by atoms with Crippen LogP contribution in [-0.4, -0.2) is 22.0 Å². The van der Waals surface area contributed by atoms with E-state index in [-0.39, 0.29) is 12.0 Å². The lowest BCUT2D eigenvalue weighted by Crippen LogP contribution is -2.29. The summed E-state index contributed by atoms with van der Waals surface area (Å²) in [6.07, 6.45) is 3.43. The number of aliphatic imine (C=N–C) groups is 1. The second-order valence-electron chi connectivity index (χ2n) is 5.28. The number of benzene rings is 1. The van der Waals surface area contributed by atoms with Crippen LogP contribution in [0.1, 0.15) is 42.4 Å². The Morgan fingerprint density at radius 2 is 2.18 bits per heavy atom. The Kier molecular flexibility index (Phi) is 3.72. The Labute approximate surface area is 129 Å². The first-order chi connectivity index (χ1) is 10.8. The van der Waals surface area contributed by atoms with Crippen LogP contribution in [0.4, 0.5) is 5.82 Å². The van der Waals surface area contributed by atoms with E-state index in [0.717, 1.165) is 29.7 Å². The number of H-pyrrole nitrogens is 1. The number of rotatable bonds is 3. The van der Waals surface area contributed by atoms with Gasteiger partial charge in [-0.2, -0.15) is 10.4 Å². The van der Waals surface area contributed by atoms with Crippen molar-refractivity contribution < 1.29 is 0 Å². The summed E-state index contributed by atoms with van der Waals surface area (Å²) in [7, 11) is 0. The van der Waals surface area contributed by atoms with Gasteiger partial charge < -0.3 is 4.85 Å². The van der Waals surface area contributed by atoms with Gasteiger partial charge in [0.05, 0.1) is 23.7 Å². The van der Waals surface area contributed by atoms with Crippen molar-refractivity contribution in [1.29, 1.82) is 5.26 Å². The number of nitrogens with one attached hydrogen (secondary N) is 1. The van der Waals surface area contributed by atoms with Crippen LogP contribution in [0, 0.1) is 17.9 Å².